The van der Waals surface area contributed by atoms with Gasteiger partial charge in [-0.3, -0.25) is 4.98 Å². The molecule has 0 saturated carbocycles. The standard InChI is InChI=1S/C14H18N2O2/c1-3-16-14(11-5-6-17-10-11)12-7-13(18-4-2)9-15-8-12/h5-10,14,16H,3-4H2,1-2H3. The third-order valence-electron chi connectivity index (χ3n) is 2.66. The molecular formula is C14H18N2O2. The number of nitrogens with zero attached hydrogens (tertiary/aromatic N) is 1. The summed E-state index contributed by atoms with van der Waals surface area (Å²) in [5.74, 6) is 0.793. The molecule has 0 bridgehead atoms. The summed E-state index contributed by atoms with van der Waals surface area (Å²) in [6.07, 6.45) is 7.01. The third kappa shape index (κ3) is 2.90. The highest BCUT2D eigenvalue weighted by molar-refractivity contribution is 5.32. The molecule has 0 aliphatic carbocycles. The van der Waals surface area contributed by atoms with E-state index in [0.717, 1.165) is 23.4 Å². The van der Waals surface area contributed by atoms with Crippen molar-refractivity contribution in [3.63, 3.8) is 0 Å². The molecule has 2 aromatic heterocycles. The van der Waals surface area contributed by atoms with Gasteiger partial charge in [-0.1, -0.05) is 6.92 Å². The summed E-state index contributed by atoms with van der Waals surface area (Å²) >= 11 is 0. The maximum atomic E-state index is 5.48. The Hall–Kier alpha value is -1.81. The van der Waals surface area contributed by atoms with Gasteiger partial charge in [0.25, 0.3) is 0 Å². The first-order valence-corrected chi connectivity index (χ1v) is 6.18. The molecule has 4 heteroatoms. The van der Waals surface area contributed by atoms with Crippen LogP contribution in [0.2, 0.25) is 0 Å². The summed E-state index contributed by atoms with van der Waals surface area (Å²) in [5, 5.41) is 3.42. The van der Waals surface area contributed by atoms with Gasteiger partial charge in [-0.15, -0.1) is 0 Å². The summed E-state index contributed by atoms with van der Waals surface area (Å²) in [4.78, 5) is 4.22. The van der Waals surface area contributed by atoms with Gasteiger partial charge < -0.3 is 14.5 Å². The van der Waals surface area contributed by atoms with Crippen molar-refractivity contribution < 1.29 is 9.15 Å². The summed E-state index contributed by atoms with van der Waals surface area (Å²) in [6, 6.07) is 4.05. The van der Waals surface area contributed by atoms with Crippen molar-refractivity contribution in [3.05, 3.63) is 48.2 Å². The van der Waals surface area contributed by atoms with E-state index in [0.29, 0.717) is 6.61 Å². The van der Waals surface area contributed by atoms with Crippen molar-refractivity contribution in [3.8, 4) is 5.75 Å². The number of aromatic nitrogens is 1. The molecule has 0 amide bonds. The molecule has 1 unspecified atom stereocenters. The number of rotatable bonds is 6. The molecule has 96 valence electrons. The zero-order chi connectivity index (χ0) is 12.8. The Bertz CT molecular complexity index is 468. The minimum Gasteiger partial charge on any atom is -0.492 e. The maximum absolute atomic E-state index is 5.48. The molecule has 0 fully saturated rings. The van der Waals surface area contributed by atoms with E-state index in [4.69, 9.17) is 9.15 Å². The van der Waals surface area contributed by atoms with Gasteiger partial charge >= 0.3 is 0 Å². The highest BCUT2D eigenvalue weighted by Crippen LogP contribution is 2.24. The molecular weight excluding hydrogens is 228 g/mol. The van der Waals surface area contributed by atoms with Crippen LogP contribution < -0.4 is 10.1 Å². The molecule has 2 rings (SSSR count). The van der Waals surface area contributed by atoms with Crippen molar-refractivity contribution in [1.82, 2.24) is 10.3 Å². The van der Waals surface area contributed by atoms with E-state index in [1.807, 2.05) is 25.3 Å². The second-order valence-electron chi connectivity index (χ2n) is 3.93. The molecule has 0 aromatic carbocycles. The number of hydrogen-bond donors (Lipinski definition) is 1. The predicted octanol–water partition coefficient (Wildman–Crippen LogP) is 2.77. The quantitative estimate of drug-likeness (QED) is 0.851. The number of furan rings is 1. The Kier molecular flexibility index (Phi) is 4.36. The van der Waals surface area contributed by atoms with E-state index in [1.54, 1.807) is 18.7 Å². The van der Waals surface area contributed by atoms with E-state index >= 15 is 0 Å². The van der Waals surface area contributed by atoms with Crippen LogP contribution in [-0.4, -0.2) is 18.1 Å². The first-order chi connectivity index (χ1) is 8.85. The van der Waals surface area contributed by atoms with E-state index in [1.165, 1.54) is 0 Å². The van der Waals surface area contributed by atoms with E-state index in [9.17, 15) is 0 Å². The van der Waals surface area contributed by atoms with Gasteiger partial charge in [0.1, 0.15) is 5.75 Å². The van der Waals surface area contributed by atoms with Crippen LogP contribution in [0.4, 0.5) is 0 Å². The van der Waals surface area contributed by atoms with Gasteiger partial charge in [0.05, 0.1) is 31.4 Å². The summed E-state index contributed by atoms with van der Waals surface area (Å²) in [5.41, 5.74) is 2.16. The Morgan fingerprint density at radius 3 is 2.89 bits per heavy atom. The van der Waals surface area contributed by atoms with Gasteiger partial charge in [-0.05, 0) is 31.2 Å². The van der Waals surface area contributed by atoms with Gasteiger partial charge in [0, 0.05) is 11.8 Å². The highest BCUT2D eigenvalue weighted by atomic mass is 16.5. The summed E-state index contributed by atoms with van der Waals surface area (Å²) in [7, 11) is 0. The highest BCUT2D eigenvalue weighted by Gasteiger charge is 2.15. The lowest BCUT2D eigenvalue weighted by Gasteiger charge is -2.17. The maximum Gasteiger partial charge on any atom is 0.137 e. The molecule has 2 aromatic rings. The monoisotopic (exact) mass is 246 g/mol. The Labute approximate surface area is 107 Å². The molecule has 18 heavy (non-hydrogen) atoms. The minimum atomic E-state index is 0.0849. The molecule has 4 nitrogen and oxygen atoms in total. The van der Waals surface area contributed by atoms with Crippen molar-refractivity contribution in [2.24, 2.45) is 0 Å². The Morgan fingerprint density at radius 2 is 2.22 bits per heavy atom. The molecule has 1 N–H and O–H groups in total. The Balaban J connectivity index is 2.27. The molecule has 1 atom stereocenters. The lowest BCUT2D eigenvalue weighted by molar-refractivity contribution is 0.338. The number of ether oxygens (including phenoxy) is 1. The van der Waals surface area contributed by atoms with Gasteiger partial charge in [0.15, 0.2) is 0 Å². The molecule has 0 spiro atoms. The van der Waals surface area contributed by atoms with Crippen LogP contribution in [-0.2, 0) is 0 Å². The van der Waals surface area contributed by atoms with E-state index in [-0.39, 0.29) is 6.04 Å². The van der Waals surface area contributed by atoms with Crippen molar-refractivity contribution in [2.75, 3.05) is 13.2 Å². The topological polar surface area (TPSA) is 47.3 Å². The van der Waals surface area contributed by atoms with Crippen LogP contribution in [0.25, 0.3) is 0 Å². The minimum absolute atomic E-state index is 0.0849. The van der Waals surface area contributed by atoms with Crippen LogP contribution in [0.1, 0.15) is 31.0 Å². The number of pyridine rings is 1. The van der Waals surface area contributed by atoms with Crippen LogP contribution in [0, 0.1) is 0 Å². The van der Waals surface area contributed by atoms with Crippen LogP contribution in [0.15, 0.2) is 41.5 Å². The molecule has 0 aliphatic heterocycles. The second kappa shape index (κ2) is 6.21. The van der Waals surface area contributed by atoms with Gasteiger partial charge in [0.2, 0.25) is 0 Å². The Morgan fingerprint density at radius 1 is 1.33 bits per heavy atom. The molecule has 0 radical (unpaired) electrons. The lowest BCUT2D eigenvalue weighted by atomic mass is 10.0. The summed E-state index contributed by atoms with van der Waals surface area (Å²) < 4.78 is 10.6. The van der Waals surface area contributed by atoms with Crippen LogP contribution in [0.5, 0.6) is 5.75 Å². The first kappa shape index (κ1) is 12.6. The lowest BCUT2D eigenvalue weighted by Crippen LogP contribution is -2.21. The fourth-order valence-corrected chi connectivity index (χ4v) is 1.91. The fraction of sp³-hybridized carbons (Fsp3) is 0.357. The van der Waals surface area contributed by atoms with Crippen molar-refractivity contribution >= 4 is 0 Å². The normalized spacial score (nSPS) is 12.3. The van der Waals surface area contributed by atoms with Crippen molar-refractivity contribution in [2.45, 2.75) is 19.9 Å². The zero-order valence-electron chi connectivity index (χ0n) is 10.7. The predicted molar refractivity (Wildman–Crippen MR) is 69.6 cm³/mol. The average molecular weight is 246 g/mol. The molecule has 2 heterocycles. The van der Waals surface area contributed by atoms with Crippen LogP contribution >= 0.6 is 0 Å². The van der Waals surface area contributed by atoms with Gasteiger partial charge in [-0.2, -0.15) is 0 Å². The summed E-state index contributed by atoms with van der Waals surface area (Å²) in [6.45, 7) is 5.55. The third-order valence-corrected chi connectivity index (χ3v) is 2.66. The van der Waals surface area contributed by atoms with Crippen LogP contribution in [0.3, 0.4) is 0 Å². The molecule has 0 aliphatic rings. The molecule has 0 saturated heterocycles. The average Bonchev–Trinajstić information content (AvgIpc) is 2.90. The number of hydrogen-bond acceptors (Lipinski definition) is 4. The van der Waals surface area contributed by atoms with Crippen molar-refractivity contribution in [1.29, 1.82) is 0 Å². The van der Waals surface area contributed by atoms with E-state index in [2.05, 4.69) is 17.2 Å². The smallest absolute Gasteiger partial charge is 0.137 e. The zero-order valence-corrected chi connectivity index (χ0v) is 10.7. The van der Waals surface area contributed by atoms with E-state index < -0.39 is 0 Å². The SMILES string of the molecule is CCNC(c1ccoc1)c1cncc(OCC)c1. The van der Waals surface area contributed by atoms with Gasteiger partial charge in [-0.25, -0.2) is 0 Å². The number of nitrogens with one attached hydrogen (secondary N) is 1. The first-order valence-electron chi connectivity index (χ1n) is 6.18. The largest absolute Gasteiger partial charge is 0.492 e. The fourth-order valence-electron chi connectivity index (χ4n) is 1.91. The second-order valence-corrected chi connectivity index (χ2v) is 3.93.